The fourth-order valence-electron chi connectivity index (χ4n) is 4.09. The molecule has 8 nitrogen and oxygen atoms in total. The topological polar surface area (TPSA) is 95.3 Å². The van der Waals surface area contributed by atoms with E-state index in [0.29, 0.717) is 39.6 Å². The SMILES string of the molecule is C=CCn1c(SCC(=O)Nc2scc(-c3ccc(F)cc3)c2C(=O)OC)nnc1C(C)Oc1ccc(C(C)C)cc1. The second kappa shape index (κ2) is 13.6. The van der Waals surface area contributed by atoms with Crippen LogP contribution in [0.2, 0.25) is 0 Å². The van der Waals surface area contributed by atoms with Crippen molar-refractivity contribution in [2.24, 2.45) is 0 Å². The molecule has 0 radical (unpaired) electrons. The number of hydrogen-bond acceptors (Lipinski definition) is 8. The fraction of sp³-hybridized carbons (Fsp3) is 0.267. The minimum atomic E-state index is -0.600. The van der Waals surface area contributed by atoms with E-state index in [0.717, 1.165) is 5.75 Å². The van der Waals surface area contributed by atoms with Crippen molar-refractivity contribution in [1.29, 1.82) is 0 Å². The minimum Gasteiger partial charge on any atom is -0.483 e. The highest BCUT2D eigenvalue weighted by molar-refractivity contribution is 7.99. The van der Waals surface area contributed by atoms with Crippen molar-refractivity contribution in [2.75, 3.05) is 18.2 Å². The van der Waals surface area contributed by atoms with Gasteiger partial charge in [0.25, 0.3) is 0 Å². The van der Waals surface area contributed by atoms with E-state index in [1.807, 2.05) is 35.8 Å². The molecule has 2 heterocycles. The number of amides is 1. The lowest BCUT2D eigenvalue weighted by molar-refractivity contribution is -0.113. The van der Waals surface area contributed by atoms with Gasteiger partial charge in [0.15, 0.2) is 17.1 Å². The molecule has 2 aromatic carbocycles. The second-order valence-corrected chi connectivity index (χ2v) is 11.2. The predicted octanol–water partition coefficient (Wildman–Crippen LogP) is 7.11. The van der Waals surface area contributed by atoms with Gasteiger partial charge in [-0.3, -0.25) is 9.36 Å². The molecule has 11 heteroatoms. The minimum absolute atomic E-state index is 0.0194. The van der Waals surface area contributed by atoms with Crippen molar-refractivity contribution in [1.82, 2.24) is 14.8 Å². The van der Waals surface area contributed by atoms with E-state index in [1.54, 1.807) is 23.6 Å². The maximum Gasteiger partial charge on any atom is 0.341 e. The third-order valence-corrected chi connectivity index (χ3v) is 8.06. The Morgan fingerprint density at radius 3 is 2.46 bits per heavy atom. The van der Waals surface area contributed by atoms with Crippen LogP contribution in [0.25, 0.3) is 11.1 Å². The first-order valence-corrected chi connectivity index (χ1v) is 14.8. The summed E-state index contributed by atoms with van der Waals surface area (Å²) in [5.74, 6) is 0.456. The highest BCUT2D eigenvalue weighted by atomic mass is 32.2. The summed E-state index contributed by atoms with van der Waals surface area (Å²) in [7, 11) is 1.27. The number of aromatic nitrogens is 3. The summed E-state index contributed by atoms with van der Waals surface area (Å²) in [6, 6.07) is 13.7. The number of esters is 1. The van der Waals surface area contributed by atoms with Crippen LogP contribution in [0.1, 0.15) is 54.5 Å². The van der Waals surface area contributed by atoms with Gasteiger partial charge in [0, 0.05) is 17.5 Å². The molecule has 214 valence electrons. The summed E-state index contributed by atoms with van der Waals surface area (Å²) in [4.78, 5) is 25.5. The predicted molar refractivity (Wildman–Crippen MR) is 160 cm³/mol. The molecule has 0 aliphatic carbocycles. The zero-order chi connectivity index (χ0) is 29.5. The molecular weight excluding hydrogens is 563 g/mol. The van der Waals surface area contributed by atoms with Gasteiger partial charge in [0.1, 0.15) is 22.1 Å². The molecule has 1 unspecified atom stereocenters. The summed E-state index contributed by atoms with van der Waals surface area (Å²) in [5, 5.41) is 14.0. The smallest absolute Gasteiger partial charge is 0.341 e. The van der Waals surface area contributed by atoms with Gasteiger partial charge >= 0.3 is 5.97 Å². The number of hydrogen-bond donors (Lipinski definition) is 1. The molecule has 0 saturated heterocycles. The maximum atomic E-state index is 13.4. The summed E-state index contributed by atoms with van der Waals surface area (Å²) < 4.78 is 26.3. The molecule has 4 rings (SSSR count). The Morgan fingerprint density at radius 1 is 1.12 bits per heavy atom. The lowest BCUT2D eigenvalue weighted by Gasteiger charge is -2.16. The molecule has 0 aliphatic rings. The van der Waals surface area contributed by atoms with Crippen LogP contribution in [0.3, 0.4) is 0 Å². The van der Waals surface area contributed by atoms with Crippen molar-refractivity contribution in [2.45, 2.75) is 44.5 Å². The molecule has 1 N–H and O–H groups in total. The van der Waals surface area contributed by atoms with Gasteiger partial charge in [-0.25, -0.2) is 9.18 Å². The number of carbonyl (C=O) groups is 2. The number of thioether (sulfide) groups is 1. The van der Waals surface area contributed by atoms with Gasteiger partial charge in [-0.1, -0.05) is 56.0 Å². The molecule has 4 aromatic rings. The number of carbonyl (C=O) groups excluding carboxylic acids is 2. The first kappa shape index (κ1) is 30.0. The quantitative estimate of drug-likeness (QED) is 0.106. The van der Waals surface area contributed by atoms with Crippen molar-refractivity contribution in [3.05, 3.63) is 89.3 Å². The fourth-order valence-corrected chi connectivity index (χ4v) is 5.81. The largest absolute Gasteiger partial charge is 0.483 e. The number of benzene rings is 2. The number of allylic oxidation sites excluding steroid dienone is 1. The van der Waals surface area contributed by atoms with Crippen LogP contribution in [0.4, 0.5) is 9.39 Å². The average Bonchev–Trinajstić information content (AvgIpc) is 3.56. The molecule has 0 bridgehead atoms. The molecule has 41 heavy (non-hydrogen) atoms. The number of nitrogens with zero attached hydrogens (tertiary/aromatic N) is 3. The molecular formula is C30H31FN4O4S2. The summed E-state index contributed by atoms with van der Waals surface area (Å²) in [5.41, 5.74) is 2.62. The van der Waals surface area contributed by atoms with Crippen LogP contribution in [0.5, 0.6) is 5.75 Å². The van der Waals surface area contributed by atoms with E-state index in [2.05, 4.69) is 35.9 Å². The first-order chi connectivity index (χ1) is 19.7. The zero-order valence-corrected chi connectivity index (χ0v) is 24.9. The lowest BCUT2D eigenvalue weighted by Crippen LogP contribution is -2.17. The van der Waals surface area contributed by atoms with Crippen molar-refractivity contribution < 1.29 is 23.5 Å². The van der Waals surface area contributed by atoms with Gasteiger partial charge in [-0.05, 0) is 48.2 Å². The molecule has 2 aromatic heterocycles. The number of methoxy groups -OCH3 is 1. The Hall–Kier alpha value is -3.96. The highest BCUT2D eigenvalue weighted by Gasteiger charge is 2.24. The number of rotatable bonds is 12. The zero-order valence-electron chi connectivity index (χ0n) is 23.2. The van der Waals surface area contributed by atoms with E-state index >= 15 is 0 Å². The number of anilines is 1. The van der Waals surface area contributed by atoms with Gasteiger partial charge in [0.2, 0.25) is 5.91 Å². The number of halogens is 1. The van der Waals surface area contributed by atoms with E-state index < -0.39 is 12.1 Å². The van der Waals surface area contributed by atoms with Gasteiger partial charge in [0.05, 0.1) is 12.9 Å². The van der Waals surface area contributed by atoms with Crippen LogP contribution in [-0.2, 0) is 16.1 Å². The summed E-state index contributed by atoms with van der Waals surface area (Å²) in [6.45, 7) is 10.4. The van der Waals surface area contributed by atoms with E-state index in [9.17, 15) is 14.0 Å². The molecule has 0 fully saturated rings. The Kier molecular flexibility index (Phi) is 9.95. The number of nitrogens with one attached hydrogen (secondary N) is 1. The van der Waals surface area contributed by atoms with Crippen LogP contribution in [0, 0.1) is 5.82 Å². The van der Waals surface area contributed by atoms with Gasteiger partial charge in [-0.2, -0.15) is 0 Å². The monoisotopic (exact) mass is 594 g/mol. The first-order valence-electron chi connectivity index (χ1n) is 12.9. The normalized spacial score (nSPS) is 11.8. The Bertz CT molecular complexity index is 1510. The molecule has 0 saturated carbocycles. The van der Waals surface area contributed by atoms with Gasteiger partial charge < -0.3 is 14.8 Å². The van der Waals surface area contributed by atoms with Crippen molar-refractivity contribution in [3.8, 4) is 16.9 Å². The molecule has 1 amide bonds. The van der Waals surface area contributed by atoms with Crippen LogP contribution in [0.15, 0.2) is 71.7 Å². The van der Waals surface area contributed by atoms with E-state index in [-0.39, 0.29) is 23.0 Å². The third kappa shape index (κ3) is 7.22. The Morgan fingerprint density at radius 2 is 1.83 bits per heavy atom. The van der Waals surface area contributed by atoms with Crippen LogP contribution < -0.4 is 10.1 Å². The molecule has 1 atom stereocenters. The maximum absolute atomic E-state index is 13.4. The summed E-state index contributed by atoms with van der Waals surface area (Å²) >= 11 is 2.40. The standard InChI is InChI=1S/C30H31FN4O4S2/c1-6-15-35-27(19(4)39-23-13-9-20(10-14-23)18(2)3)33-34-30(35)41-17-25(36)32-28-26(29(37)38-5)24(16-40-28)21-7-11-22(31)12-8-21/h6-14,16,18-19H,1,15,17H2,2-5H3,(H,32,36). The molecule has 0 spiro atoms. The Balaban J connectivity index is 1.46. The summed E-state index contributed by atoms with van der Waals surface area (Å²) in [6.07, 6.45) is 1.33. The lowest BCUT2D eigenvalue weighted by atomic mass is 10.0. The molecule has 0 aliphatic heterocycles. The van der Waals surface area contributed by atoms with Crippen LogP contribution in [-0.4, -0.2) is 39.5 Å². The number of ether oxygens (including phenoxy) is 2. The average molecular weight is 595 g/mol. The van der Waals surface area contributed by atoms with Crippen molar-refractivity contribution >= 4 is 40.0 Å². The third-order valence-electron chi connectivity index (χ3n) is 6.20. The van der Waals surface area contributed by atoms with E-state index in [4.69, 9.17) is 9.47 Å². The van der Waals surface area contributed by atoms with Gasteiger partial charge in [-0.15, -0.1) is 28.1 Å². The Labute approximate surface area is 246 Å². The number of thiophene rings is 1. The highest BCUT2D eigenvalue weighted by Crippen LogP contribution is 2.36. The second-order valence-electron chi connectivity index (χ2n) is 9.41. The van der Waals surface area contributed by atoms with Crippen molar-refractivity contribution in [3.63, 3.8) is 0 Å². The van der Waals surface area contributed by atoms with E-state index in [1.165, 1.54) is 47.9 Å². The van der Waals surface area contributed by atoms with Crippen LogP contribution >= 0.6 is 23.1 Å².